The number of aromatic nitrogens is 1. The maximum Gasteiger partial charge on any atom is 0.260 e. The van der Waals surface area contributed by atoms with Gasteiger partial charge in [-0.15, -0.1) is 0 Å². The average molecular weight is 381 g/mol. The Balaban J connectivity index is 2.14. The van der Waals surface area contributed by atoms with Gasteiger partial charge >= 0.3 is 0 Å². The van der Waals surface area contributed by atoms with E-state index in [0.717, 1.165) is 16.1 Å². The van der Waals surface area contributed by atoms with Gasteiger partial charge in [-0.25, -0.2) is 13.8 Å². The van der Waals surface area contributed by atoms with Crippen LogP contribution in [-0.2, 0) is 14.8 Å². The Labute approximate surface area is 151 Å². The van der Waals surface area contributed by atoms with Gasteiger partial charge in [0.2, 0.25) is 10.0 Å². The third-order valence-corrected chi connectivity index (χ3v) is 4.60. The first kappa shape index (κ1) is 18.9. The lowest BCUT2D eigenvalue weighted by atomic mass is 10.2. The number of aryl methyl sites for hydroxylation is 1. The molecule has 25 heavy (non-hydrogen) atoms. The van der Waals surface area contributed by atoms with E-state index in [4.69, 9.17) is 11.6 Å². The standard InChI is InChI=1S/C16H17ClN4O3S/c1-12-3-4-14(17)9-15(12)21(25(2,23)24)11-16(22)20-19-10-13-5-7-18-8-6-13/h3-10H,11H2,1-2H3,(H,20,22)/b19-10-. The molecule has 0 radical (unpaired) electrons. The first-order valence-corrected chi connectivity index (χ1v) is 9.46. The van der Waals surface area contributed by atoms with E-state index in [0.29, 0.717) is 16.3 Å². The second kappa shape index (κ2) is 8.09. The van der Waals surface area contributed by atoms with Gasteiger partial charge in [-0.2, -0.15) is 5.10 Å². The fourth-order valence-corrected chi connectivity index (χ4v) is 3.10. The molecule has 0 saturated heterocycles. The Morgan fingerprint density at radius 2 is 2.00 bits per heavy atom. The molecule has 0 bridgehead atoms. The van der Waals surface area contributed by atoms with Crippen molar-refractivity contribution in [3.63, 3.8) is 0 Å². The zero-order valence-corrected chi connectivity index (χ0v) is 15.3. The molecule has 0 aliphatic heterocycles. The number of pyridine rings is 1. The van der Waals surface area contributed by atoms with Crippen LogP contribution < -0.4 is 9.73 Å². The molecule has 1 heterocycles. The number of halogens is 1. The predicted molar refractivity (Wildman–Crippen MR) is 98.4 cm³/mol. The fraction of sp³-hybridized carbons (Fsp3) is 0.188. The number of carbonyl (C=O) groups is 1. The number of hydrogen-bond donors (Lipinski definition) is 1. The summed E-state index contributed by atoms with van der Waals surface area (Å²) in [5.41, 5.74) is 4.09. The zero-order chi connectivity index (χ0) is 18.4. The number of nitrogens with one attached hydrogen (secondary N) is 1. The molecule has 1 aromatic carbocycles. The summed E-state index contributed by atoms with van der Waals surface area (Å²) in [6.07, 6.45) is 5.66. The molecule has 0 saturated carbocycles. The number of carbonyl (C=O) groups excluding carboxylic acids is 1. The highest BCUT2D eigenvalue weighted by Crippen LogP contribution is 2.26. The molecule has 1 aromatic heterocycles. The van der Waals surface area contributed by atoms with Gasteiger partial charge in [0.1, 0.15) is 6.54 Å². The van der Waals surface area contributed by atoms with E-state index in [1.807, 2.05) is 0 Å². The van der Waals surface area contributed by atoms with Crippen molar-refractivity contribution in [2.24, 2.45) is 5.10 Å². The quantitative estimate of drug-likeness (QED) is 0.612. The predicted octanol–water partition coefficient (Wildman–Crippen LogP) is 1.96. The number of nitrogens with zero attached hydrogens (tertiary/aromatic N) is 3. The Morgan fingerprint density at radius 3 is 2.64 bits per heavy atom. The Bertz CT molecular complexity index is 886. The van der Waals surface area contributed by atoms with Crippen molar-refractivity contribution in [3.8, 4) is 0 Å². The smallest absolute Gasteiger partial charge is 0.260 e. The number of benzene rings is 1. The summed E-state index contributed by atoms with van der Waals surface area (Å²) < 4.78 is 25.2. The number of hydrogen-bond acceptors (Lipinski definition) is 5. The van der Waals surface area contributed by atoms with Crippen LogP contribution >= 0.6 is 11.6 Å². The molecule has 1 amide bonds. The molecule has 0 fully saturated rings. The largest absolute Gasteiger partial charge is 0.271 e. The molecular weight excluding hydrogens is 364 g/mol. The first-order chi connectivity index (χ1) is 11.8. The van der Waals surface area contributed by atoms with Gasteiger partial charge in [0, 0.05) is 17.4 Å². The Kier molecular flexibility index (Phi) is 6.11. The molecule has 0 unspecified atom stereocenters. The summed E-state index contributed by atoms with van der Waals surface area (Å²) in [6.45, 7) is 1.33. The van der Waals surface area contributed by atoms with Crippen LogP contribution in [-0.4, -0.2) is 38.3 Å². The summed E-state index contributed by atoms with van der Waals surface area (Å²) >= 11 is 5.95. The maximum absolute atomic E-state index is 12.1. The molecular formula is C16H17ClN4O3S. The summed E-state index contributed by atoms with van der Waals surface area (Å²) in [7, 11) is -3.68. The molecule has 2 rings (SSSR count). The maximum atomic E-state index is 12.1. The third kappa shape index (κ3) is 5.54. The van der Waals surface area contributed by atoms with Crippen LogP contribution in [0.15, 0.2) is 47.8 Å². The van der Waals surface area contributed by atoms with E-state index in [2.05, 4.69) is 15.5 Å². The Morgan fingerprint density at radius 1 is 1.32 bits per heavy atom. The van der Waals surface area contributed by atoms with Crippen LogP contribution in [0.1, 0.15) is 11.1 Å². The molecule has 0 aliphatic carbocycles. The summed E-state index contributed by atoms with van der Waals surface area (Å²) in [6, 6.07) is 8.28. The molecule has 1 N–H and O–H groups in total. The molecule has 2 aromatic rings. The number of rotatable bonds is 6. The molecule has 9 heteroatoms. The monoisotopic (exact) mass is 380 g/mol. The van der Waals surface area contributed by atoms with Crippen molar-refractivity contribution in [2.45, 2.75) is 6.92 Å². The van der Waals surface area contributed by atoms with Gasteiger partial charge in [0.05, 0.1) is 18.2 Å². The van der Waals surface area contributed by atoms with E-state index in [1.165, 1.54) is 12.3 Å². The second-order valence-electron chi connectivity index (χ2n) is 5.27. The second-order valence-corrected chi connectivity index (χ2v) is 7.62. The van der Waals surface area contributed by atoms with Crippen molar-refractivity contribution < 1.29 is 13.2 Å². The van der Waals surface area contributed by atoms with Crippen molar-refractivity contribution in [1.82, 2.24) is 10.4 Å². The fourth-order valence-electron chi connectivity index (χ4n) is 2.03. The van der Waals surface area contributed by atoms with E-state index < -0.39 is 22.5 Å². The van der Waals surface area contributed by atoms with Gasteiger partial charge in [-0.3, -0.25) is 14.1 Å². The van der Waals surface area contributed by atoms with E-state index in [-0.39, 0.29) is 0 Å². The molecule has 0 spiro atoms. The number of hydrazone groups is 1. The van der Waals surface area contributed by atoms with Gasteiger partial charge in [0.25, 0.3) is 5.91 Å². The molecule has 132 valence electrons. The highest BCUT2D eigenvalue weighted by molar-refractivity contribution is 7.92. The zero-order valence-electron chi connectivity index (χ0n) is 13.7. The van der Waals surface area contributed by atoms with Crippen molar-refractivity contribution >= 4 is 39.4 Å². The minimum absolute atomic E-state index is 0.350. The number of sulfonamides is 1. The minimum Gasteiger partial charge on any atom is -0.271 e. The average Bonchev–Trinajstić information content (AvgIpc) is 2.55. The first-order valence-electron chi connectivity index (χ1n) is 7.23. The lowest BCUT2D eigenvalue weighted by Crippen LogP contribution is -2.39. The van der Waals surface area contributed by atoms with Gasteiger partial charge < -0.3 is 0 Å². The van der Waals surface area contributed by atoms with E-state index >= 15 is 0 Å². The van der Waals surface area contributed by atoms with Gasteiger partial charge in [0.15, 0.2) is 0 Å². The van der Waals surface area contributed by atoms with Crippen molar-refractivity contribution in [3.05, 3.63) is 58.9 Å². The minimum atomic E-state index is -3.68. The summed E-state index contributed by atoms with van der Waals surface area (Å²) in [5.74, 6) is -0.574. The van der Waals surface area contributed by atoms with Crippen molar-refractivity contribution in [1.29, 1.82) is 0 Å². The van der Waals surface area contributed by atoms with Gasteiger partial charge in [-0.1, -0.05) is 17.7 Å². The molecule has 0 atom stereocenters. The van der Waals surface area contributed by atoms with Crippen LogP contribution in [0.4, 0.5) is 5.69 Å². The van der Waals surface area contributed by atoms with Crippen LogP contribution in [0.3, 0.4) is 0 Å². The topological polar surface area (TPSA) is 91.7 Å². The summed E-state index contributed by atoms with van der Waals surface area (Å²) in [4.78, 5) is 16.0. The summed E-state index contributed by atoms with van der Waals surface area (Å²) in [5, 5.41) is 4.19. The lowest BCUT2D eigenvalue weighted by molar-refractivity contribution is -0.119. The van der Waals surface area contributed by atoms with Crippen LogP contribution in [0, 0.1) is 6.92 Å². The van der Waals surface area contributed by atoms with E-state index in [9.17, 15) is 13.2 Å². The Hall–Kier alpha value is -2.45. The van der Waals surface area contributed by atoms with Gasteiger partial charge in [-0.05, 0) is 42.3 Å². The lowest BCUT2D eigenvalue weighted by Gasteiger charge is -2.23. The number of anilines is 1. The van der Waals surface area contributed by atoms with Crippen LogP contribution in [0.2, 0.25) is 5.02 Å². The van der Waals surface area contributed by atoms with Crippen molar-refractivity contribution in [2.75, 3.05) is 17.1 Å². The number of amides is 1. The van der Waals surface area contributed by atoms with Crippen LogP contribution in [0.25, 0.3) is 0 Å². The molecule has 0 aliphatic rings. The SMILES string of the molecule is Cc1ccc(Cl)cc1N(CC(=O)N/N=C\c1ccncc1)S(C)(=O)=O. The molecule has 7 nitrogen and oxygen atoms in total. The normalized spacial score (nSPS) is 11.5. The van der Waals surface area contributed by atoms with Crippen LogP contribution in [0.5, 0.6) is 0 Å². The highest BCUT2D eigenvalue weighted by Gasteiger charge is 2.22. The third-order valence-electron chi connectivity index (χ3n) is 3.24. The highest BCUT2D eigenvalue weighted by atomic mass is 35.5. The van der Waals surface area contributed by atoms with E-state index in [1.54, 1.807) is 43.6 Å².